The van der Waals surface area contributed by atoms with Gasteiger partial charge in [-0.1, -0.05) is 13.8 Å². The minimum atomic E-state index is -0.248. The zero-order chi connectivity index (χ0) is 13.9. The molecule has 1 aliphatic carbocycles. The topological polar surface area (TPSA) is 55.1 Å². The van der Waals surface area contributed by atoms with Gasteiger partial charge in [-0.2, -0.15) is 0 Å². The minimum Gasteiger partial charge on any atom is -0.345 e. The number of nitrogens with two attached hydrogens (primary N) is 1. The average Bonchev–Trinajstić information content (AvgIpc) is 2.89. The Morgan fingerprint density at radius 1 is 1.35 bits per heavy atom. The molecule has 2 rings (SSSR count). The highest BCUT2D eigenvalue weighted by atomic mass is 35.5. The van der Waals surface area contributed by atoms with Gasteiger partial charge in [0.05, 0.1) is 10.4 Å². The number of thiophene rings is 1. The maximum Gasteiger partial charge on any atom is 0.261 e. The van der Waals surface area contributed by atoms with E-state index in [0.29, 0.717) is 6.54 Å². The van der Waals surface area contributed by atoms with E-state index in [2.05, 4.69) is 25.2 Å². The van der Waals surface area contributed by atoms with Crippen LogP contribution in [-0.4, -0.2) is 18.0 Å². The molecule has 0 saturated heterocycles. The molecule has 1 aliphatic rings. The molecule has 1 amide bonds. The van der Waals surface area contributed by atoms with Gasteiger partial charge < -0.3 is 11.1 Å². The van der Waals surface area contributed by atoms with Gasteiger partial charge in [0.25, 0.3) is 5.91 Å². The second-order valence-electron chi connectivity index (χ2n) is 5.41. The summed E-state index contributed by atoms with van der Waals surface area (Å²) in [7, 11) is 0. The molecule has 0 radical (unpaired) electrons. The first-order valence-corrected chi connectivity index (χ1v) is 8.10. The van der Waals surface area contributed by atoms with E-state index < -0.39 is 0 Å². The van der Waals surface area contributed by atoms with Gasteiger partial charge in [-0.05, 0) is 50.2 Å². The summed E-state index contributed by atoms with van der Waals surface area (Å²) in [6, 6.07) is 2.08. The highest BCUT2D eigenvalue weighted by molar-refractivity contribution is 7.14. The molecule has 114 valence electrons. The molecule has 0 fully saturated rings. The maximum absolute atomic E-state index is 12.4. The second-order valence-corrected chi connectivity index (χ2v) is 6.55. The number of carbonyl (C=O) groups excluding carboxylic acids is 1. The quantitative estimate of drug-likeness (QED) is 0.875. The summed E-state index contributed by atoms with van der Waals surface area (Å²) in [5, 5.41) is 3.15. The van der Waals surface area contributed by atoms with Crippen molar-refractivity contribution >= 4 is 29.7 Å². The smallest absolute Gasteiger partial charge is 0.261 e. The van der Waals surface area contributed by atoms with E-state index in [0.717, 1.165) is 30.6 Å². The van der Waals surface area contributed by atoms with Crippen molar-refractivity contribution in [1.82, 2.24) is 5.32 Å². The predicted molar refractivity (Wildman–Crippen MR) is 88.0 cm³/mol. The zero-order valence-corrected chi connectivity index (χ0v) is 14.0. The fourth-order valence-electron chi connectivity index (χ4n) is 2.67. The zero-order valence-electron chi connectivity index (χ0n) is 12.3. The maximum atomic E-state index is 12.4. The number of hydrogen-bond donors (Lipinski definition) is 2. The van der Waals surface area contributed by atoms with Crippen LogP contribution in [0.1, 0.15) is 59.6 Å². The number of fused-ring (bicyclic) bond motifs is 1. The number of hydrogen-bond acceptors (Lipinski definition) is 3. The Labute approximate surface area is 131 Å². The lowest BCUT2D eigenvalue weighted by Crippen LogP contribution is -2.52. The van der Waals surface area contributed by atoms with Crippen molar-refractivity contribution in [2.24, 2.45) is 5.73 Å². The predicted octanol–water partition coefficient (Wildman–Crippen LogP) is 3.30. The normalized spacial score (nSPS) is 14.3. The monoisotopic (exact) mass is 316 g/mol. The molecule has 0 bridgehead atoms. The van der Waals surface area contributed by atoms with Gasteiger partial charge in [-0.25, -0.2) is 0 Å². The van der Waals surface area contributed by atoms with Crippen LogP contribution < -0.4 is 11.1 Å². The largest absolute Gasteiger partial charge is 0.345 e. The Morgan fingerprint density at radius 2 is 2.00 bits per heavy atom. The molecule has 0 saturated carbocycles. The van der Waals surface area contributed by atoms with Gasteiger partial charge >= 0.3 is 0 Å². The summed E-state index contributed by atoms with van der Waals surface area (Å²) in [6.07, 6.45) is 6.51. The number of halogens is 1. The lowest BCUT2D eigenvalue weighted by Gasteiger charge is -2.31. The van der Waals surface area contributed by atoms with Crippen LogP contribution in [0.4, 0.5) is 0 Å². The Balaban J connectivity index is 0.00000200. The van der Waals surface area contributed by atoms with Crippen LogP contribution in [0.25, 0.3) is 0 Å². The van der Waals surface area contributed by atoms with Crippen LogP contribution in [0.5, 0.6) is 0 Å². The van der Waals surface area contributed by atoms with E-state index in [1.807, 2.05) is 0 Å². The molecule has 20 heavy (non-hydrogen) atoms. The fraction of sp³-hybridized carbons (Fsp3) is 0.667. The second kappa shape index (κ2) is 7.43. The SMILES string of the molecule is CCC(CC)(CN)NC(=O)c1cc2c(s1)CCCC2.Cl. The van der Waals surface area contributed by atoms with Gasteiger partial charge in [0, 0.05) is 11.4 Å². The Kier molecular flexibility index (Phi) is 6.49. The van der Waals surface area contributed by atoms with Crippen molar-refractivity contribution in [2.45, 2.75) is 57.9 Å². The summed E-state index contributed by atoms with van der Waals surface area (Å²) >= 11 is 1.66. The number of aryl methyl sites for hydroxylation is 2. The van der Waals surface area contributed by atoms with Crippen molar-refractivity contribution in [3.63, 3.8) is 0 Å². The molecule has 0 aromatic carbocycles. The van der Waals surface area contributed by atoms with Crippen molar-refractivity contribution < 1.29 is 4.79 Å². The van der Waals surface area contributed by atoms with E-state index in [-0.39, 0.29) is 23.9 Å². The summed E-state index contributed by atoms with van der Waals surface area (Å²) in [5.41, 5.74) is 6.98. The lowest BCUT2D eigenvalue weighted by atomic mass is 9.93. The molecule has 1 aromatic heterocycles. The van der Waals surface area contributed by atoms with Crippen LogP contribution in [0.3, 0.4) is 0 Å². The highest BCUT2D eigenvalue weighted by Gasteiger charge is 2.28. The van der Waals surface area contributed by atoms with Crippen molar-refractivity contribution in [3.8, 4) is 0 Å². The molecule has 0 spiro atoms. The average molecular weight is 317 g/mol. The van der Waals surface area contributed by atoms with E-state index in [1.54, 1.807) is 11.3 Å². The number of carbonyl (C=O) groups is 1. The lowest BCUT2D eigenvalue weighted by molar-refractivity contribution is 0.0899. The molecular weight excluding hydrogens is 292 g/mol. The van der Waals surface area contributed by atoms with Crippen LogP contribution in [0, 0.1) is 0 Å². The van der Waals surface area contributed by atoms with E-state index in [4.69, 9.17) is 5.73 Å². The molecule has 3 nitrogen and oxygen atoms in total. The third kappa shape index (κ3) is 3.54. The first kappa shape index (κ1) is 17.5. The van der Waals surface area contributed by atoms with E-state index in [1.165, 1.54) is 23.3 Å². The first-order valence-electron chi connectivity index (χ1n) is 7.28. The van der Waals surface area contributed by atoms with Gasteiger partial charge in [0.1, 0.15) is 0 Å². The van der Waals surface area contributed by atoms with Crippen LogP contribution in [-0.2, 0) is 12.8 Å². The summed E-state index contributed by atoms with van der Waals surface area (Å²) in [6.45, 7) is 4.66. The molecule has 3 N–H and O–H groups in total. The highest BCUT2D eigenvalue weighted by Crippen LogP contribution is 2.30. The van der Waals surface area contributed by atoms with Gasteiger partial charge in [-0.3, -0.25) is 4.79 Å². The summed E-state index contributed by atoms with van der Waals surface area (Å²) < 4.78 is 0. The number of rotatable bonds is 5. The summed E-state index contributed by atoms with van der Waals surface area (Å²) in [5.74, 6) is 0.0496. The Hall–Kier alpha value is -0.580. The first-order chi connectivity index (χ1) is 9.14. The Bertz CT molecular complexity index is 423. The Morgan fingerprint density at radius 3 is 2.55 bits per heavy atom. The molecular formula is C15H25ClN2OS. The standard InChI is InChI=1S/C15H24N2OS.ClH/c1-3-15(4-2,10-16)17-14(18)13-9-11-7-5-6-8-12(11)19-13;/h9H,3-8,10,16H2,1-2H3,(H,17,18);1H. The molecule has 0 unspecified atom stereocenters. The number of nitrogens with one attached hydrogen (secondary N) is 1. The molecule has 1 heterocycles. The molecule has 1 aromatic rings. The van der Waals surface area contributed by atoms with Crippen molar-refractivity contribution in [3.05, 3.63) is 21.4 Å². The van der Waals surface area contributed by atoms with Gasteiger partial charge in [0.2, 0.25) is 0 Å². The minimum absolute atomic E-state index is 0. The molecule has 0 atom stereocenters. The van der Waals surface area contributed by atoms with Crippen LogP contribution in [0.15, 0.2) is 6.07 Å². The van der Waals surface area contributed by atoms with Crippen molar-refractivity contribution in [2.75, 3.05) is 6.54 Å². The fourth-order valence-corrected chi connectivity index (χ4v) is 3.82. The van der Waals surface area contributed by atoms with Gasteiger partial charge in [0.15, 0.2) is 0 Å². The van der Waals surface area contributed by atoms with Crippen LogP contribution >= 0.6 is 23.7 Å². The third-order valence-corrected chi connectivity index (χ3v) is 5.58. The third-order valence-electron chi connectivity index (χ3n) is 4.34. The van der Waals surface area contributed by atoms with Gasteiger partial charge in [-0.15, -0.1) is 23.7 Å². The van der Waals surface area contributed by atoms with E-state index >= 15 is 0 Å². The molecule has 5 heteroatoms. The van der Waals surface area contributed by atoms with E-state index in [9.17, 15) is 4.79 Å². The number of amides is 1. The van der Waals surface area contributed by atoms with Crippen molar-refractivity contribution in [1.29, 1.82) is 0 Å². The van der Waals surface area contributed by atoms with Crippen LogP contribution in [0.2, 0.25) is 0 Å². The summed E-state index contributed by atoms with van der Waals surface area (Å²) in [4.78, 5) is 14.7. The molecule has 0 aliphatic heterocycles.